The van der Waals surface area contributed by atoms with Crippen molar-refractivity contribution in [2.45, 2.75) is 39.8 Å². The Morgan fingerprint density at radius 1 is 1.17 bits per heavy atom. The molecule has 1 amide bonds. The van der Waals surface area contributed by atoms with E-state index in [1.165, 1.54) is 6.20 Å². The van der Waals surface area contributed by atoms with Gasteiger partial charge in [-0.3, -0.25) is 4.79 Å². The summed E-state index contributed by atoms with van der Waals surface area (Å²) >= 11 is 6.13. The van der Waals surface area contributed by atoms with Crippen molar-refractivity contribution in [3.05, 3.63) is 52.8 Å². The number of nitriles is 1. The Kier molecular flexibility index (Phi) is 5.46. The summed E-state index contributed by atoms with van der Waals surface area (Å²) in [5.74, 6) is 0.959. The van der Waals surface area contributed by atoms with Crippen molar-refractivity contribution < 1.29 is 14.3 Å². The molecule has 0 unspecified atom stereocenters. The molecule has 2 aromatic rings. The smallest absolute Gasteiger partial charge is 0.270 e. The van der Waals surface area contributed by atoms with Crippen LogP contribution in [0.3, 0.4) is 0 Å². The lowest BCUT2D eigenvalue weighted by atomic mass is 9.49. The highest BCUT2D eigenvalue weighted by Crippen LogP contribution is 2.55. The quantitative estimate of drug-likeness (QED) is 0.792. The topological polar surface area (TPSA) is 84.2 Å². The number of hydrogen-bond donors (Lipinski definition) is 1. The first-order chi connectivity index (χ1) is 13.6. The second-order valence-corrected chi connectivity index (χ2v) is 8.79. The number of halogens is 1. The largest absolute Gasteiger partial charge is 0.495 e. The third-order valence-electron chi connectivity index (χ3n) is 5.63. The molecule has 0 bridgehead atoms. The van der Waals surface area contributed by atoms with E-state index in [1.54, 1.807) is 37.4 Å². The van der Waals surface area contributed by atoms with Gasteiger partial charge in [0, 0.05) is 22.9 Å². The summed E-state index contributed by atoms with van der Waals surface area (Å²) in [5, 5.41) is 12.5. The number of amides is 1. The predicted octanol–water partition coefficient (Wildman–Crippen LogP) is 4.23. The average molecular weight is 414 g/mol. The first kappa shape index (κ1) is 20.9. The Bertz CT molecular complexity index is 948. The number of aromatic nitrogens is 1. The number of nitrogens with one attached hydrogen (secondary N) is 1. The molecule has 0 aliphatic heterocycles. The third-order valence-corrected chi connectivity index (χ3v) is 5.95. The molecule has 1 aliphatic rings. The molecule has 1 fully saturated rings. The number of pyridine rings is 1. The number of nitrogens with zero attached hydrogens (tertiary/aromatic N) is 2. The summed E-state index contributed by atoms with van der Waals surface area (Å²) in [7, 11) is 1.55. The average Bonchev–Trinajstić information content (AvgIpc) is 2.69. The van der Waals surface area contributed by atoms with Gasteiger partial charge in [-0.15, -0.1) is 0 Å². The summed E-state index contributed by atoms with van der Waals surface area (Å²) in [6, 6.07) is 10.3. The molecule has 29 heavy (non-hydrogen) atoms. The normalized spacial score (nSPS) is 21.4. The van der Waals surface area contributed by atoms with E-state index in [9.17, 15) is 4.79 Å². The van der Waals surface area contributed by atoms with Crippen LogP contribution in [0.15, 0.2) is 36.5 Å². The van der Waals surface area contributed by atoms with Crippen molar-refractivity contribution >= 4 is 17.5 Å². The van der Waals surface area contributed by atoms with Crippen LogP contribution >= 0.6 is 11.6 Å². The van der Waals surface area contributed by atoms with Crippen molar-refractivity contribution in [2.24, 2.45) is 10.8 Å². The molecule has 1 saturated carbocycles. The first-order valence-electron chi connectivity index (χ1n) is 9.28. The summed E-state index contributed by atoms with van der Waals surface area (Å²) < 4.78 is 11.3. The molecule has 6 nitrogen and oxygen atoms in total. The number of methoxy groups -OCH3 is 1. The van der Waals surface area contributed by atoms with E-state index < -0.39 is 0 Å². The van der Waals surface area contributed by atoms with Gasteiger partial charge in [0.2, 0.25) is 0 Å². The Morgan fingerprint density at radius 2 is 1.83 bits per heavy atom. The fourth-order valence-corrected chi connectivity index (χ4v) is 4.65. The van der Waals surface area contributed by atoms with Gasteiger partial charge in [0.15, 0.2) is 0 Å². The van der Waals surface area contributed by atoms with Gasteiger partial charge >= 0.3 is 0 Å². The molecule has 1 aromatic heterocycles. The molecular weight excluding hydrogens is 390 g/mol. The Labute approximate surface area is 175 Å². The molecule has 0 spiro atoms. The van der Waals surface area contributed by atoms with Crippen molar-refractivity contribution in [3.63, 3.8) is 0 Å². The highest BCUT2D eigenvalue weighted by atomic mass is 35.5. The third kappa shape index (κ3) is 3.75. The van der Waals surface area contributed by atoms with Crippen LogP contribution in [0.5, 0.6) is 11.5 Å². The van der Waals surface area contributed by atoms with E-state index in [0.717, 1.165) is 0 Å². The van der Waals surface area contributed by atoms with Crippen molar-refractivity contribution in [2.75, 3.05) is 7.11 Å². The Morgan fingerprint density at radius 3 is 2.34 bits per heavy atom. The zero-order valence-electron chi connectivity index (χ0n) is 17.1. The van der Waals surface area contributed by atoms with Crippen molar-refractivity contribution in [3.8, 4) is 17.6 Å². The SMILES string of the molecule is COc1ccc(C(=O)N[C@H]2C(C)(C)[C@H](Oc3ccc(C#N)c(Cl)c3)C2(C)C)nc1. The first-order valence-corrected chi connectivity index (χ1v) is 9.66. The van der Waals surface area contributed by atoms with Crippen LogP contribution in [0.2, 0.25) is 5.02 Å². The van der Waals surface area contributed by atoms with Gasteiger partial charge in [0.1, 0.15) is 29.4 Å². The van der Waals surface area contributed by atoms with Gasteiger partial charge in [-0.1, -0.05) is 39.3 Å². The maximum atomic E-state index is 12.7. The van der Waals surface area contributed by atoms with Crippen LogP contribution < -0.4 is 14.8 Å². The zero-order valence-corrected chi connectivity index (χ0v) is 17.9. The van der Waals surface area contributed by atoms with Crippen LogP contribution in [-0.4, -0.2) is 30.1 Å². The predicted molar refractivity (Wildman–Crippen MR) is 110 cm³/mol. The molecule has 7 heteroatoms. The number of hydrogen-bond acceptors (Lipinski definition) is 5. The van der Waals surface area contributed by atoms with E-state index in [2.05, 4.69) is 38.0 Å². The highest BCUT2D eigenvalue weighted by molar-refractivity contribution is 6.31. The van der Waals surface area contributed by atoms with Crippen LogP contribution in [0.1, 0.15) is 43.7 Å². The molecule has 0 radical (unpaired) electrons. The molecule has 1 aromatic carbocycles. The zero-order chi connectivity index (χ0) is 21.4. The number of benzene rings is 1. The van der Waals surface area contributed by atoms with Gasteiger partial charge < -0.3 is 14.8 Å². The van der Waals surface area contributed by atoms with E-state index in [4.69, 9.17) is 26.3 Å². The minimum Gasteiger partial charge on any atom is -0.495 e. The maximum absolute atomic E-state index is 12.7. The van der Waals surface area contributed by atoms with Crippen LogP contribution in [-0.2, 0) is 0 Å². The van der Waals surface area contributed by atoms with Crippen LogP contribution in [0.4, 0.5) is 0 Å². The second kappa shape index (κ2) is 7.57. The molecule has 152 valence electrons. The lowest BCUT2D eigenvalue weighted by molar-refractivity contribution is -0.164. The van der Waals surface area contributed by atoms with E-state index in [0.29, 0.717) is 27.8 Å². The molecule has 0 saturated heterocycles. The molecule has 0 atom stereocenters. The lowest BCUT2D eigenvalue weighted by Crippen LogP contribution is -2.74. The number of ether oxygens (including phenoxy) is 2. The molecule has 1 heterocycles. The monoisotopic (exact) mass is 413 g/mol. The number of rotatable bonds is 5. The van der Waals surface area contributed by atoms with Gasteiger partial charge in [0.25, 0.3) is 5.91 Å². The Hall–Kier alpha value is -2.78. The minimum atomic E-state index is -0.327. The van der Waals surface area contributed by atoms with Crippen LogP contribution in [0.25, 0.3) is 0 Å². The van der Waals surface area contributed by atoms with E-state index in [1.807, 2.05) is 6.07 Å². The summed E-state index contributed by atoms with van der Waals surface area (Å²) in [6.45, 7) is 8.22. The maximum Gasteiger partial charge on any atom is 0.270 e. The standard InChI is InChI=1S/C22H24ClN3O3/c1-21(2)19(26-18(27)17-9-8-15(28-5)12-25-17)22(3,4)20(21)29-14-7-6-13(11-24)16(23)10-14/h6-10,12,19-20H,1-5H3,(H,26,27)/t19-,20-. The molecule has 1 N–H and O–H groups in total. The minimum absolute atomic E-state index is 0.120. The molecular formula is C22H24ClN3O3. The van der Waals surface area contributed by atoms with Gasteiger partial charge in [-0.25, -0.2) is 4.98 Å². The molecule has 3 rings (SSSR count). The summed E-state index contributed by atoms with van der Waals surface area (Å²) in [4.78, 5) is 16.9. The summed E-state index contributed by atoms with van der Waals surface area (Å²) in [5.41, 5.74) is 0.0850. The number of carbonyl (C=O) groups excluding carboxylic acids is 1. The number of carbonyl (C=O) groups is 1. The van der Waals surface area contributed by atoms with Crippen molar-refractivity contribution in [1.82, 2.24) is 10.3 Å². The van der Waals surface area contributed by atoms with E-state index in [-0.39, 0.29) is 28.9 Å². The van der Waals surface area contributed by atoms with E-state index >= 15 is 0 Å². The lowest BCUT2D eigenvalue weighted by Gasteiger charge is -2.63. The Balaban J connectivity index is 1.74. The fourth-order valence-electron chi connectivity index (χ4n) is 4.44. The van der Waals surface area contributed by atoms with Crippen LogP contribution in [0, 0.1) is 22.2 Å². The highest BCUT2D eigenvalue weighted by Gasteiger charge is 2.64. The fraction of sp³-hybridized carbons (Fsp3) is 0.409. The van der Waals surface area contributed by atoms with Gasteiger partial charge in [-0.05, 0) is 24.3 Å². The second-order valence-electron chi connectivity index (χ2n) is 8.38. The van der Waals surface area contributed by atoms with Gasteiger partial charge in [-0.2, -0.15) is 5.26 Å². The summed E-state index contributed by atoms with van der Waals surface area (Å²) in [6.07, 6.45) is 1.36. The van der Waals surface area contributed by atoms with Gasteiger partial charge in [0.05, 0.1) is 23.9 Å². The molecule has 1 aliphatic carbocycles. The van der Waals surface area contributed by atoms with Crippen molar-refractivity contribution in [1.29, 1.82) is 5.26 Å².